The number of rotatable bonds is 9. The van der Waals surface area contributed by atoms with Gasteiger partial charge < -0.3 is 19.5 Å². The van der Waals surface area contributed by atoms with Crippen molar-refractivity contribution in [2.24, 2.45) is 10.8 Å². The Morgan fingerprint density at radius 1 is 0.909 bits per heavy atom. The summed E-state index contributed by atoms with van der Waals surface area (Å²) in [5, 5.41) is 9.52. The van der Waals surface area contributed by atoms with E-state index in [1.165, 1.54) is 12.1 Å². The molecule has 2 aliphatic carbocycles. The number of benzene rings is 2. The van der Waals surface area contributed by atoms with E-state index in [4.69, 9.17) is 21.1 Å². The summed E-state index contributed by atoms with van der Waals surface area (Å²) in [6.45, 7) is 13.8. The van der Waals surface area contributed by atoms with Crippen molar-refractivity contribution < 1.29 is 29.0 Å². The van der Waals surface area contributed by atoms with Gasteiger partial charge in [0.2, 0.25) is 0 Å². The highest BCUT2D eigenvalue weighted by Gasteiger charge is 2.49. The molecule has 0 spiro atoms. The molecular formula is C36H42ClNO6. The first-order valence-electron chi connectivity index (χ1n) is 15.5. The molecule has 0 amide bonds. The average Bonchev–Trinajstić information content (AvgIpc) is 2.92. The third-order valence-electron chi connectivity index (χ3n) is 8.72. The van der Waals surface area contributed by atoms with Gasteiger partial charge in [0.15, 0.2) is 23.1 Å². The number of ketones is 2. The third-order valence-corrected chi connectivity index (χ3v) is 9.00. The molecule has 2 aromatic rings. The number of carbonyl (C=O) groups excluding carboxylic acids is 2. The van der Waals surface area contributed by atoms with Crippen LogP contribution in [0.3, 0.4) is 0 Å². The van der Waals surface area contributed by atoms with Gasteiger partial charge in [0.1, 0.15) is 6.61 Å². The lowest BCUT2D eigenvalue weighted by Gasteiger charge is -2.49. The predicted octanol–water partition coefficient (Wildman–Crippen LogP) is 8.11. The predicted molar refractivity (Wildman–Crippen MR) is 170 cm³/mol. The van der Waals surface area contributed by atoms with Gasteiger partial charge in [-0.3, -0.25) is 9.59 Å². The number of hydrogen-bond acceptors (Lipinski definition) is 6. The van der Waals surface area contributed by atoms with E-state index < -0.39 is 11.9 Å². The van der Waals surface area contributed by atoms with Crippen LogP contribution < -0.4 is 9.47 Å². The van der Waals surface area contributed by atoms with Crippen molar-refractivity contribution in [1.29, 1.82) is 0 Å². The van der Waals surface area contributed by atoms with Crippen LogP contribution in [0.4, 0.5) is 0 Å². The molecule has 0 aromatic heterocycles. The number of halogens is 1. The van der Waals surface area contributed by atoms with Crippen LogP contribution in [0.5, 0.6) is 11.5 Å². The van der Waals surface area contributed by atoms with Crippen molar-refractivity contribution in [3.63, 3.8) is 0 Å². The van der Waals surface area contributed by atoms with Crippen LogP contribution in [0.2, 0.25) is 5.02 Å². The van der Waals surface area contributed by atoms with Crippen molar-refractivity contribution in [2.45, 2.75) is 86.2 Å². The van der Waals surface area contributed by atoms with Crippen LogP contribution in [0, 0.1) is 10.8 Å². The van der Waals surface area contributed by atoms with Gasteiger partial charge in [-0.1, -0.05) is 58.4 Å². The molecule has 1 aliphatic heterocycles. The van der Waals surface area contributed by atoms with Crippen molar-refractivity contribution in [3.05, 3.63) is 80.7 Å². The topological polar surface area (TPSA) is 93.1 Å². The lowest BCUT2D eigenvalue weighted by molar-refractivity contribution is -0.119. The molecule has 0 fully saturated rings. The average molecular weight is 620 g/mol. The summed E-state index contributed by atoms with van der Waals surface area (Å²) in [5.74, 6) is -0.582. The second kappa shape index (κ2) is 12.1. The zero-order chi connectivity index (χ0) is 32.0. The minimum absolute atomic E-state index is 0.0748. The first-order valence-corrected chi connectivity index (χ1v) is 15.8. The number of carbonyl (C=O) groups is 3. The number of aromatic carboxylic acids is 1. The highest BCUT2D eigenvalue weighted by Crippen LogP contribution is 2.55. The molecule has 0 atom stereocenters. The van der Waals surface area contributed by atoms with Gasteiger partial charge in [-0.25, -0.2) is 4.79 Å². The molecule has 5 rings (SSSR count). The maximum atomic E-state index is 14.0. The number of ether oxygens (including phenoxy) is 2. The summed E-state index contributed by atoms with van der Waals surface area (Å²) in [6.07, 6.45) is 3.23. The Morgan fingerprint density at radius 2 is 1.48 bits per heavy atom. The van der Waals surface area contributed by atoms with E-state index in [1.54, 1.807) is 12.1 Å². The van der Waals surface area contributed by atoms with Crippen LogP contribution in [0.1, 0.15) is 101 Å². The Balaban J connectivity index is 1.62. The minimum atomic E-state index is -0.994. The van der Waals surface area contributed by atoms with Crippen LogP contribution in [-0.2, 0) is 16.2 Å². The molecule has 3 aliphatic rings. The highest BCUT2D eigenvalue weighted by atomic mass is 35.5. The number of carboxylic acids is 1. The summed E-state index contributed by atoms with van der Waals surface area (Å²) in [4.78, 5) is 41.6. The van der Waals surface area contributed by atoms with Gasteiger partial charge in [-0.05, 0) is 72.4 Å². The second-order valence-electron chi connectivity index (χ2n) is 13.7. The highest BCUT2D eigenvalue weighted by molar-refractivity contribution is 6.32. The van der Waals surface area contributed by atoms with Gasteiger partial charge in [0.25, 0.3) is 0 Å². The fourth-order valence-corrected chi connectivity index (χ4v) is 7.20. The standard InChI is InChI=1S/C36H42ClNO6/c1-7-13-38-25-16-35(3,4)18-27(39)31(25)30(32-26(38)17-36(5,6)19-28(32)40)23-14-24(37)33(29(15-23)43-8-2)44-20-21-9-11-22(12-10-21)34(41)42/h9-12,14-15,30H,7-8,13,16-20H2,1-6H3,(H,41,42). The van der Waals surface area contributed by atoms with Crippen LogP contribution in [0.15, 0.2) is 58.9 Å². The Kier molecular flexibility index (Phi) is 8.74. The van der Waals surface area contributed by atoms with Crippen LogP contribution >= 0.6 is 11.6 Å². The molecule has 0 unspecified atom stereocenters. The van der Waals surface area contributed by atoms with Gasteiger partial charge in [-0.15, -0.1) is 0 Å². The van der Waals surface area contributed by atoms with E-state index >= 15 is 0 Å². The lowest BCUT2D eigenvalue weighted by Crippen LogP contribution is -2.44. The Bertz CT molecular complexity index is 1510. The molecule has 44 heavy (non-hydrogen) atoms. The van der Waals surface area contributed by atoms with Crippen molar-refractivity contribution in [2.75, 3.05) is 13.2 Å². The molecular weight excluding hydrogens is 578 g/mol. The van der Waals surface area contributed by atoms with E-state index in [0.29, 0.717) is 47.1 Å². The monoisotopic (exact) mass is 619 g/mol. The first-order chi connectivity index (χ1) is 20.7. The fourth-order valence-electron chi connectivity index (χ4n) is 6.93. The minimum Gasteiger partial charge on any atom is -0.490 e. The first kappa shape index (κ1) is 31.8. The maximum Gasteiger partial charge on any atom is 0.335 e. The molecule has 1 N–H and O–H groups in total. The third kappa shape index (κ3) is 6.16. The van der Waals surface area contributed by atoms with Gasteiger partial charge >= 0.3 is 5.97 Å². The Hall–Kier alpha value is -3.58. The van der Waals surface area contributed by atoms with Crippen LogP contribution in [0.25, 0.3) is 0 Å². The molecule has 1 heterocycles. The lowest BCUT2D eigenvalue weighted by atomic mass is 9.63. The van der Waals surface area contributed by atoms with Gasteiger partial charge in [0, 0.05) is 47.8 Å². The summed E-state index contributed by atoms with van der Waals surface area (Å²) in [5.41, 5.74) is 4.80. The molecule has 0 bridgehead atoms. The van der Waals surface area contributed by atoms with Gasteiger partial charge in [-0.2, -0.15) is 0 Å². The quantitative estimate of drug-likeness (QED) is 0.303. The molecule has 0 saturated carbocycles. The number of carboxylic acid groups (broad SMARTS) is 1. The number of Topliss-reactive ketones (excluding diaryl/α,β-unsaturated/α-hetero) is 2. The van der Waals surface area contributed by atoms with E-state index in [9.17, 15) is 19.5 Å². The largest absolute Gasteiger partial charge is 0.490 e. The number of nitrogens with zero attached hydrogens (tertiary/aromatic N) is 1. The second-order valence-corrected chi connectivity index (χ2v) is 14.1. The van der Waals surface area contributed by atoms with E-state index in [1.807, 2.05) is 19.1 Å². The van der Waals surface area contributed by atoms with Crippen molar-refractivity contribution in [3.8, 4) is 11.5 Å². The van der Waals surface area contributed by atoms with Crippen LogP contribution in [-0.4, -0.2) is 40.7 Å². The van der Waals surface area contributed by atoms with Crippen molar-refractivity contribution >= 4 is 29.1 Å². The molecule has 234 valence electrons. The zero-order valence-electron chi connectivity index (χ0n) is 26.5. The summed E-state index contributed by atoms with van der Waals surface area (Å²) >= 11 is 6.92. The van der Waals surface area contributed by atoms with Gasteiger partial charge in [0.05, 0.1) is 17.2 Å². The molecule has 8 heteroatoms. The summed E-state index contributed by atoms with van der Waals surface area (Å²) in [7, 11) is 0. The van der Waals surface area contributed by atoms with E-state index in [-0.39, 0.29) is 34.6 Å². The number of allylic oxidation sites excluding steroid dienone is 4. The Morgan fingerprint density at radius 3 is 1.98 bits per heavy atom. The zero-order valence-corrected chi connectivity index (χ0v) is 27.3. The fraction of sp³-hybridized carbons (Fsp3) is 0.472. The molecule has 0 radical (unpaired) electrons. The SMILES string of the molecule is CCCN1C2=C(C(=O)CC(C)(C)C2)C(c2cc(Cl)c(OCc3ccc(C(=O)O)cc3)c(OCC)c2)C2=C1CC(C)(C)CC2=O. The maximum absolute atomic E-state index is 14.0. The summed E-state index contributed by atoms with van der Waals surface area (Å²) in [6, 6.07) is 10.1. The van der Waals surface area contributed by atoms with E-state index in [0.717, 1.165) is 48.3 Å². The number of hydrogen-bond donors (Lipinski definition) is 1. The molecule has 0 saturated heterocycles. The molecule has 7 nitrogen and oxygen atoms in total. The van der Waals surface area contributed by atoms with Crippen molar-refractivity contribution in [1.82, 2.24) is 4.90 Å². The van der Waals surface area contributed by atoms with E-state index in [2.05, 4.69) is 39.5 Å². The Labute approximate surface area is 264 Å². The normalized spacial score (nSPS) is 19.6. The smallest absolute Gasteiger partial charge is 0.335 e. The molecule has 2 aromatic carbocycles. The summed E-state index contributed by atoms with van der Waals surface area (Å²) < 4.78 is 12.2.